The summed E-state index contributed by atoms with van der Waals surface area (Å²) in [5, 5.41) is 12.2. The Kier molecular flexibility index (Phi) is 11.8. The minimum atomic E-state index is -3.39. The summed E-state index contributed by atoms with van der Waals surface area (Å²) in [6.45, 7) is 4.89. The van der Waals surface area contributed by atoms with E-state index in [-0.39, 0.29) is 24.3 Å². The zero-order chi connectivity index (χ0) is 31.0. The molecule has 2 aliphatic rings. The largest absolute Gasteiger partial charge is 0.480 e. The molecule has 2 fully saturated rings. The zero-order valence-corrected chi connectivity index (χ0v) is 26.4. The van der Waals surface area contributed by atoms with E-state index in [1.165, 1.54) is 32.1 Å². The summed E-state index contributed by atoms with van der Waals surface area (Å²) in [6, 6.07) is 12.3. The molecule has 1 aliphatic heterocycles. The molecule has 2 N–H and O–H groups in total. The van der Waals surface area contributed by atoms with Gasteiger partial charge in [-0.3, -0.25) is 9.69 Å². The lowest BCUT2D eigenvalue weighted by Gasteiger charge is -2.26. The first-order valence-corrected chi connectivity index (χ1v) is 17.3. The Morgan fingerprint density at radius 2 is 1.81 bits per heavy atom. The number of methoxy groups -OCH3 is 1. The highest BCUT2D eigenvalue weighted by Gasteiger charge is 2.33. The van der Waals surface area contributed by atoms with E-state index in [1.54, 1.807) is 13.2 Å². The number of amides is 1. The van der Waals surface area contributed by atoms with Crippen LogP contribution in [0.5, 0.6) is 0 Å². The molecule has 0 radical (unpaired) electrons. The quantitative estimate of drug-likeness (QED) is 0.320. The molecule has 10 heteroatoms. The van der Waals surface area contributed by atoms with Gasteiger partial charge < -0.3 is 19.9 Å². The molecule has 0 bridgehead atoms. The number of likely N-dealkylation sites (tertiary alicyclic amines) is 1. The molecule has 1 aliphatic carbocycles. The van der Waals surface area contributed by atoms with Gasteiger partial charge in [0.15, 0.2) is 0 Å². The average molecular weight is 615 g/mol. The zero-order valence-electron chi connectivity index (χ0n) is 25.6. The third-order valence-electron chi connectivity index (χ3n) is 8.74. The minimum Gasteiger partial charge on any atom is -0.480 e. The lowest BCUT2D eigenvalue weighted by Crippen LogP contribution is -2.42. The van der Waals surface area contributed by atoms with Crippen LogP contribution in [-0.4, -0.2) is 87.4 Å². The number of benzene rings is 2. The van der Waals surface area contributed by atoms with E-state index in [0.717, 1.165) is 42.5 Å². The molecular formula is C33H46N2O7S. The van der Waals surface area contributed by atoms with Crippen LogP contribution in [-0.2, 0) is 30.7 Å². The van der Waals surface area contributed by atoms with Crippen LogP contribution in [0.25, 0.3) is 11.1 Å². The highest BCUT2D eigenvalue weighted by molar-refractivity contribution is 7.90. The van der Waals surface area contributed by atoms with Crippen LogP contribution in [0.4, 0.5) is 0 Å². The minimum absolute atomic E-state index is 0.129. The summed E-state index contributed by atoms with van der Waals surface area (Å²) in [6.07, 6.45) is 8.29. The maximum Gasteiger partial charge on any atom is 0.326 e. The molecule has 2 aromatic rings. The summed E-state index contributed by atoms with van der Waals surface area (Å²) < 4.78 is 35.2. The summed E-state index contributed by atoms with van der Waals surface area (Å²) in [7, 11) is -1.64. The van der Waals surface area contributed by atoms with E-state index in [0.29, 0.717) is 30.2 Å². The van der Waals surface area contributed by atoms with Gasteiger partial charge in [0.05, 0.1) is 18.5 Å². The number of carbonyl (C=O) groups is 2. The Morgan fingerprint density at radius 1 is 1.07 bits per heavy atom. The lowest BCUT2D eigenvalue weighted by molar-refractivity contribution is -0.139. The van der Waals surface area contributed by atoms with Gasteiger partial charge in [0, 0.05) is 44.7 Å². The topological polar surface area (TPSA) is 122 Å². The number of aliphatic carboxylic acids is 1. The van der Waals surface area contributed by atoms with Crippen LogP contribution in [0, 0.1) is 12.8 Å². The molecule has 1 amide bonds. The molecule has 0 aromatic heterocycles. The van der Waals surface area contributed by atoms with Crippen molar-refractivity contribution in [3.05, 3.63) is 59.2 Å². The van der Waals surface area contributed by atoms with Crippen molar-refractivity contribution in [1.29, 1.82) is 0 Å². The van der Waals surface area contributed by atoms with Gasteiger partial charge in [0.25, 0.3) is 5.91 Å². The van der Waals surface area contributed by atoms with E-state index in [4.69, 9.17) is 9.47 Å². The molecule has 1 saturated carbocycles. The number of hydrogen-bond donors (Lipinski definition) is 2. The molecule has 0 spiro atoms. The molecule has 0 unspecified atom stereocenters. The van der Waals surface area contributed by atoms with Crippen molar-refractivity contribution in [2.45, 2.75) is 76.6 Å². The molecule has 3 atom stereocenters. The summed E-state index contributed by atoms with van der Waals surface area (Å²) in [5.41, 5.74) is 3.92. The number of nitrogens with zero attached hydrogens (tertiary/aromatic N) is 1. The first-order valence-electron chi connectivity index (χ1n) is 15.3. The molecule has 1 heterocycles. The fraction of sp³-hybridized carbons (Fsp3) is 0.576. The highest BCUT2D eigenvalue weighted by atomic mass is 32.2. The number of ether oxygens (including phenoxy) is 2. The van der Waals surface area contributed by atoms with Crippen molar-refractivity contribution in [3.63, 3.8) is 0 Å². The Hall–Kier alpha value is -2.79. The number of carboxylic acid groups (broad SMARTS) is 1. The van der Waals surface area contributed by atoms with Crippen molar-refractivity contribution in [1.82, 2.24) is 10.2 Å². The van der Waals surface area contributed by atoms with E-state index in [2.05, 4.69) is 10.2 Å². The predicted molar refractivity (Wildman–Crippen MR) is 167 cm³/mol. The Labute approximate surface area is 255 Å². The molecule has 1 saturated heterocycles. The smallest absolute Gasteiger partial charge is 0.326 e. The summed E-state index contributed by atoms with van der Waals surface area (Å²) >= 11 is 0. The van der Waals surface area contributed by atoms with E-state index in [1.807, 2.05) is 43.3 Å². The number of sulfone groups is 1. The third kappa shape index (κ3) is 9.60. The first-order chi connectivity index (χ1) is 20.5. The van der Waals surface area contributed by atoms with E-state index in [9.17, 15) is 23.1 Å². The van der Waals surface area contributed by atoms with Crippen molar-refractivity contribution in [3.8, 4) is 11.1 Å². The van der Waals surface area contributed by atoms with Crippen LogP contribution in [0.15, 0.2) is 42.5 Å². The number of aryl methyl sites for hydroxylation is 1. The monoisotopic (exact) mass is 614 g/mol. The molecule has 4 rings (SSSR count). The molecule has 236 valence electrons. The standard InChI is InChI=1S/C33H46N2O7S/c1-23-9-7-8-12-28(23)30-17-25(13-14-29(30)32(36)34-31(33(37)38)15-16-43(3,39)40)19-35-20-27(41-2)18-26(35)22-42-21-24-10-5-4-6-11-24/h7-9,12-14,17,24,26-27,31H,4-6,10-11,15-16,18-22H2,1-3H3,(H,34,36)(H,37,38)/t26-,27+,31-/m0/s1. The second-order valence-electron chi connectivity index (χ2n) is 12.2. The fourth-order valence-corrected chi connectivity index (χ4v) is 6.91. The highest BCUT2D eigenvalue weighted by Crippen LogP contribution is 2.31. The van der Waals surface area contributed by atoms with Gasteiger partial charge in [-0.1, -0.05) is 49.6 Å². The Morgan fingerprint density at radius 3 is 2.49 bits per heavy atom. The Balaban J connectivity index is 1.54. The number of rotatable bonds is 14. The van der Waals surface area contributed by atoms with E-state index >= 15 is 0 Å². The second kappa shape index (κ2) is 15.3. The van der Waals surface area contributed by atoms with Gasteiger partial charge >= 0.3 is 5.97 Å². The van der Waals surface area contributed by atoms with Crippen molar-refractivity contribution in [2.24, 2.45) is 5.92 Å². The predicted octanol–water partition coefficient (Wildman–Crippen LogP) is 4.47. The average Bonchev–Trinajstić information content (AvgIpc) is 3.36. The van der Waals surface area contributed by atoms with E-state index < -0.39 is 27.8 Å². The fourth-order valence-electron chi connectivity index (χ4n) is 6.25. The molecule has 9 nitrogen and oxygen atoms in total. The van der Waals surface area contributed by atoms with Crippen LogP contribution >= 0.6 is 0 Å². The van der Waals surface area contributed by atoms with Crippen molar-refractivity contribution < 1.29 is 32.6 Å². The number of hydrogen-bond acceptors (Lipinski definition) is 7. The van der Waals surface area contributed by atoms with Crippen LogP contribution in [0.3, 0.4) is 0 Å². The number of carboxylic acids is 1. The first kappa shape index (κ1) is 33.1. The van der Waals surface area contributed by atoms with Crippen LogP contribution < -0.4 is 5.32 Å². The second-order valence-corrected chi connectivity index (χ2v) is 14.5. The van der Waals surface area contributed by atoms with Crippen molar-refractivity contribution >= 4 is 21.7 Å². The van der Waals surface area contributed by atoms with Gasteiger partial charge in [-0.25, -0.2) is 13.2 Å². The number of nitrogens with one attached hydrogen (secondary N) is 1. The van der Waals surface area contributed by atoms with Gasteiger partial charge in [0.1, 0.15) is 15.9 Å². The van der Waals surface area contributed by atoms with Crippen molar-refractivity contribution in [2.75, 3.05) is 38.9 Å². The van der Waals surface area contributed by atoms with Crippen LogP contribution in [0.2, 0.25) is 0 Å². The van der Waals surface area contributed by atoms with Gasteiger partial charge in [-0.05, 0) is 72.9 Å². The van der Waals surface area contributed by atoms with Gasteiger partial charge in [0.2, 0.25) is 0 Å². The van der Waals surface area contributed by atoms with Crippen LogP contribution in [0.1, 0.15) is 66.4 Å². The molecule has 2 aromatic carbocycles. The summed E-state index contributed by atoms with van der Waals surface area (Å²) in [5.74, 6) is -1.51. The molecule has 43 heavy (non-hydrogen) atoms. The normalized spacial score (nSPS) is 20.6. The third-order valence-corrected chi connectivity index (χ3v) is 9.72. The van der Waals surface area contributed by atoms with Gasteiger partial charge in [-0.2, -0.15) is 0 Å². The number of carbonyl (C=O) groups excluding carboxylic acids is 1. The summed E-state index contributed by atoms with van der Waals surface area (Å²) in [4.78, 5) is 27.7. The lowest BCUT2D eigenvalue weighted by atomic mass is 9.90. The van der Waals surface area contributed by atoms with Gasteiger partial charge in [-0.15, -0.1) is 0 Å². The Bertz CT molecular complexity index is 1360. The maximum atomic E-state index is 13.5. The molecular weight excluding hydrogens is 568 g/mol. The maximum absolute atomic E-state index is 13.5. The SMILES string of the molecule is CO[C@@H]1C[C@@H](COCC2CCCCC2)N(Cc2ccc(C(=O)N[C@@H](CCS(C)(=O)=O)C(=O)O)c(-c3ccccc3C)c2)C1.